The Morgan fingerprint density at radius 1 is 1.19 bits per heavy atom. The van der Waals surface area contributed by atoms with E-state index in [-0.39, 0.29) is 5.56 Å². The third-order valence-corrected chi connectivity index (χ3v) is 4.14. The van der Waals surface area contributed by atoms with E-state index in [1.165, 1.54) is 12.1 Å². The lowest BCUT2D eigenvalue weighted by atomic mass is 9.96. The molecule has 1 nitrogen and oxygen atoms in total. The third kappa shape index (κ3) is 3.62. The van der Waals surface area contributed by atoms with Crippen LogP contribution in [-0.4, -0.2) is 6.54 Å². The van der Waals surface area contributed by atoms with Gasteiger partial charge in [-0.25, -0.2) is 8.78 Å². The highest BCUT2D eigenvalue weighted by atomic mass is 79.9. The monoisotopic (exact) mass is 373 g/mol. The Morgan fingerprint density at radius 2 is 1.81 bits per heavy atom. The zero-order chi connectivity index (χ0) is 15.6. The molecule has 0 saturated carbocycles. The minimum Gasteiger partial charge on any atom is -0.306 e. The van der Waals surface area contributed by atoms with Gasteiger partial charge in [0.05, 0.1) is 6.04 Å². The summed E-state index contributed by atoms with van der Waals surface area (Å²) in [5.74, 6) is -1.19. The molecule has 21 heavy (non-hydrogen) atoms. The fraction of sp³-hybridized carbons (Fsp3) is 0.250. The molecule has 5 heteroatoms. The van der Waals surface area contributed by atoms with Crippen LogP contribution in [0.1, 0.15) is 29.7 Å². The zero-order valence-corrected chi connectivity index (χ0v) is 14.0. The molecule has 0 heterocycles. The molecule has 1 N–H and O–H groups in total. The van der Waals surface area contributed by atoms with Gasteiger partial charge >= 0.3 is 0 Å². The van der Waals surface area contributed by atoms with Crippen LogP contribution < -0.4 is 5.32 Å². The van der Waals surface area contributed by atoms with Crippen LogP contribution in [0.2, 0.25) is 5.02 Å². The molecule has 0 aromatic heterocycles. The minimum absolute atomic E-state index is 0.0000280. The van der Waals surface area contributed by atoms with Crippen molar-refractivity contribution < 1.29 is 8.78 Å². The second-order valence-electron chi connectivity index (χ2n) is 4.78. The standard InChI is InChI=1S/C16H15BrClF2N/c1-3-21-16(10-5-4-9(2)12(18)6-10)15-13(19)7-11(17)8-14(15)20/h4-8,16,21H,3H2,1-2H3. The van der Waals surface area contributed by atoms with E-state index in [1.807, 2.05) is 26.0 Å². The average Bonchev–Trinajstić information content (AvgIpc) is 2.40. The van der Waals surface area contributed by atoms with Crippen molar-refractivity contribution in [2.24, 2.45) is 0 Å². The maximum atomic E-state index is 14.2. The Hall–Kier alpha value is -0.970. The quantitative estimate of drug-likeness (QED) is 0.757. The van der Waals surface area contributed by atoms with Crippen LogP contribution in [0.25, 0.3) is 0 Å². The molecule has 2 aromatic carbocycles. The Morgan fingerprint density at radius 3 is 2.33 bits per heavy atom. The molecule has 0 bridgehead atoms. The molecule has 0 aliphatic heterocycles. The van der Waals surface area contributed by atoms with Crippen molar-refractivity contribution in [1.29, 1.82) is 0 Å². The molecule has 0 radical (unpaired) electrons. The number of rotatable bonds is 4. The Kier molecular flexibility index (Phi) is 5.36. The van der Waals surface area contributed by atoms with Crippen molar-refractivity contribution in [3.63, 3.8) is 0 Å². The smallest absolute Gasteiger partial charge is 0.132 e. The SMILES string of the molecule is CCNC(c1ccc(C)c(Cl)c1)c1c(F)cc(Br)cc1F. The van der Waals surface area contributed by atoms with Crippen LogP contribution >= 0.6 is 27.5 Å². The van der Waals surface area contributed by atoms with E-state index >= 15 is 0 Å². The molecule has 0 aliphatic rings. The molecule has 1 atom stereocenters. The first-order chi connectivity index (χ1) is 9.93. The van der Waals surface area contributed by atoms with Gasteiger partial charge < -0.3 is 5.32 Å². The van der Waals surface area contributed by atoms with Crippen LogP contribution in [-0.2, 0) is 0 Å². The van der Waals surface area contributed by atoms with Gasteiger partial charge in [0, 0.05) is 15.1 Å². The first kappa shape index (κ1) is 16.4. The minimum atomic E-state index is -0.593. The van der Waals surface area contributed by atoms with Gasteiger partial charge in [0.2, 0.25) is 0 Å². The van der Waals surface area contributed by atoms with Crippen molar-refractivity contribution in [3.8, 4) is 0 Å². The third-order valence-electron chi connectivity index (χ3n) is 3.27. The summed E-state index contributed by atoms with van der Waals surface area (Å²) in [6.07, 6.45) is 0. The van der Waals surface area contributed by atoms with Gasteiger partial charge in [0.15, 0.2) is 0 Å². The summed E-state index contributed by atoms with van der Waals surface area (Å²) in [4.78, 5) is 0. The van der Waals surface area contributed by atoms with E-state index in [0.29, 0.717) is 16.0 Å². The van der Waals surface area contributed by atoms with Crippen molar-refractivity contribution in [2.45, 2.75) is 19.9 Å². The topological polar surface area (TPSA) is 12.0 Å². The Balaban J connectivity index is 2.55. The van der Waals surface area contributed by atoms with E-state index in [9.17, 15) is 8.78 Å². The van der Waals surface area contributed by atoms with Crippen LogP contribution in [0.5, 0.6) is 0 Å². The summed E-state index contributed by atoms with van der Waals surface area (Å²) in [6, 6.07) is 7.36. The largest absolute Gasteiger partial charge is 0.306 e. The summed E-state index contributed by atoms with van der Waals surface area (Å²) in [5, 5.41) is 3.69. The van der Waals surface area contributed by atoms with Crippen molar-refractivity contribution >= 4 is 27.5 Å². The predicted octanol–water partition coefficient (Wildman–Crippen LogP) is 5.39. The lowest BCUT2D eigenvalue weighted by Gasteiger charge is -2.21. The first-order valence-electron chi connectivity index (χ1n) is 6.58. The van der Waals surface area contributed by atoms with Gasteiger partial charge in [0.25, 0.3) is 0 Å². The van der Waals surface area contributed by atoms with E-state index in [1.54, 1.807) is 6.07 Å². The molecule has 2 rings (SSSR count). The molecule has 0 amide bonds. The highest BCUT2D eigenvalue weighted by molar-refractivity contribution is 9.10. The van der Waals surface area contributed by atoms with Crippen molar-refractivity contribution in [2.75, 3.05) is 6.54 Å². The predicted molar refractivity (Wildman–Crippen MR) is 85.8 cm³/mol. The van der Waals surface area contributed by atoms with Gasteiger partial charge in [-0.2, -0.15) is 0 Å². The summed E-state index contributed by atoms with van der Waals surface area (Å²) in [7, 11) is 0. The fourth-order valence-electron chi connectivity index (χ4n) is 2.21. The van der Waals surface area contributed by atoms with Gasteiger partial charge in [-0.3, -0.25) is 0 Å². The number of hydrogen-bond acceptors (Lipinski definition) is 1. The molecule has 0 aliphatic carbocycles. The van der Waals surface area contributed by atoms with Crippen LogP contribution in [0.3, 0.4) is 0 Å². The van der Waals surface area contributed by atoms with Gasteiger partial charge in [-0.05, 0) is 42.8 Å². The summed E-state index contributed by atoms with van der Waals surface area (Å²) < 4.78 is 28.8. The van der Waals surface area contributed by atoms with E-state index < -0.39 is 17.7 Å². The highest BCUT2D eigenvalue weighted by Gasteiger charge is 2.22. The zero-order valence-electron chi connectivity index (χ0n) is 11.7. The van der Waals surface area contributed by atoms with Gasteiger partial charge in [0.1, 0.15) is 11.6 Å². The molecule has 0 spiro atoms. The molecule has 0 fully saturated rings. The molecule has 0 saturated heterocycles. The number of hydrogen-bond donors (Lipinski definition) is 1. The number of halogens is 4. The Bertz CT molecular complexity index is 638. The number of nitrogens with one attached hydrogen (secondary N) is 1. The molecule has 1 unspecified atom stereocenters. The first-order valence-corrected chi connectivity index (χ1v) is 7.75. The fourth-order valence-corrected chi connectivity index (χ4v) is 2.80. The summed E-state index contributed by atoms with van der Waals surface area (Å²) >= 11 is 9.22. The molecule has 2 aromatic rings. The average molecular weight is 375 g/mol. The maximum Gasteiger partial charge on any atom is 0.132 e. The lowest BCUT2D eigenvalue weighted by Crippen LogP contribution is -2.24. The highest BCUT2D eigenvalue weighted by Crippen LogP contribution is 2.31. The van der Waals surface area contributed by atoms with E-state index in [4.69, 9.17) is 11.6 Å². The van der Waals surface area contributed by atoms with Crippen molar-refractivity contribution in [3.05, 3.63) is 68.2 Å². The summed E-state index contributed by atoms with van der Waals surface area (Å²) in [5.41, 5.74) is 1.65. The van der Waals surface area contributed by atoms with Gasteiger partial charge in [-0.1, -0.05) is 46.6 Å². The van der Waals surface area contributed by atoms with E-state index in [0.717, 1.165) is 11.1 Å². The normalized spacial score (nSPS) is 12.5. The van der Waals surface area contributed by atoms with Gasteiger partial charge in [-0.15, -0.1) is 0 Å². The van der Waals surface area contributed by atoms with Crippen LogP contribution in [0.15, 0.2) is 34.8 Å². The molecule has 112 valence electrons. The lowest BCUT2D eigenvalue weighted by molar-refractivity contribution is 0.509. The number of benzene rings is 2. The Labute approximate surface area is 136 Å². The second-order valence-corrected chi connectivity index (χ2v) is 6.11. The second kappa shape index (κ2) is 6.86. The van der Waals surface area contributed by atoms with E-state index in [2.05, 4.69) is 21.2 Å². The maximum absolute atomic E-state index is 14.2. The van der Waals surface area contributed by atoms with Crippen LogP contribution in [0.4, 0.5) is 8.78 Å². The molecular formula is C16H15BrClF2N. The number of aryl methyl sites for hydroxylation is 1. The molecular weight excluding hydrogens is 360 g/mol. The van der Waals surface area contributed by atoms with Crippen LogP contribution in [0, 0.1) is 18.6 Å². The summed E-state index contributed by atoms with van der Waals surface area (Å²) in [6.45, 7) is 4.34. The van der Waals surface area contributed by atoms with Crippen molar-refractivity contribution in [1.82, 2.24) is 5.32 Å².